The first kappa shape index (κ1) is 11.7. The Morgan fingerprint density at radius 1 is 1.47 bits per heavy atom. The number of halogens is 2. The first-order valence-electron chi connectivity index (χ1n) is 4.07. The molecule has 5 heteroatoms. The van der Waals surface area contributed by atoms with Gasteiger partial charge in [-0.15, -0.1) is 11.6 Å². The van der Waals surface area contributed by atoms with E-state index in [-0.39, 0.29) is 11.3 Å². The standard InChI is InChI=1S/C10H8ClFO3/c1-15-9-3-2-6(4-7(9)12)10(14)8(13)5-11/h2-4H,5H2,1H3. The normalized spacial score (nSPS) is 9.80. The third-order valence-corrected chi connectivity index (χ3v) is 2.03. The largest absolute Gasteiger partial charge is 0.494 e. The second-order valence-electron chi connectivity index (χ2n) is 2.74. The molecule has 3 nitrogen and oxygen atoms in total. The third kappa shape index (κ3) is 2.53. The Kier molecular flexibility index (Phi) is 3.80. The minimum Gasteiger partial charge on any atom is -0.494 e. The maximum absolute atomic E-state index is 13.2. The molecule has 0 radical (unpaired) electrons. The van der Waals surface area contributed by atoms with Crippen molar-refractivity contribution in [2.75, 3.05) is 13.0 Å². The summed E-state index contributed by atoms with van der Waals surface area (Å²) in [6, 6.07) is 3.55. The molecule has 0 N–H and O–H groups in total. The van der Waals surface area contributed by atoms with Crippen molar-refractivity contribution in [3.63, 3.8) is 0 Å². The van der Waals surface area contributed by atoms with Gasteiger partial charge in [-0.2, -0.15) is 0 Å². The second kappa shape index (κ2) is 4.89. The summed E-state index contributed by atoms with van der Waals surface area (Å²) in [5.74, 6) is -2.64. The number of ketones is 2. The smallest absolute Gasteiger partial charge is 0.229 e. The maximum atomic E-state index is 13.2. The highest BCUT2D eigenvalue weighted by molar-refractivity contribution is 6.51. The lowest BCUT2D eigenvalue weighted by atomic mass is 10.1. The molecule has 0 amide bonds. The fraction of sp³-hybridized carbons (Fsp3) is 0.200. The minimum atomic E-state index is -0.799. The summed E-state index contributed by atoms with van der Waals surface area (Å²) in [6.07, 6.45) is 0. The SMILES string of the molecule is COc1ccc(C(=O)C(=O)CCl)cc1F. The lowest BCUT2D eigenvalue weighted by Crippen LogP contribution is -2.15. The zero-order valence-electron chi connectivity index (χ0n) is 7.92. The molecule has 0 fully saturated rings. The number of carbonyl (C=O) groups excluding carboxylic acids is 2. The molecule has 0 atom stereocenters. The van der Waals surface area contributed by atoms with Crippen LogP contribution in [0.15, 0.2) is 18.2 Å². The van der Waals surface area contributed by atoms with Crippen molar-refractivity contribution in [2.24, 2.45) is 0 Å². The number of ether oxygens (including phenoxy) is 1. The van der Waals surface area contributed by atoms with E-state index in [1.54, 1.807) is 0 Å². The van der Waals surface area contributed by atoms with E-state index in [9.17, 15) is 14.0 Å². The van der Waals surface area contributed by atoms with Gasteiger partial charge in [0.25, 0.3) is 0 Å². The van der Waals surface area contributed by atoms with E-state index < -0.39 is 23.3 Å². The van der Waals surface area contributed by atoms with Gasteiger partial charge in [0.1, 0.15) is 0 Å². The number of carbonyl (C=O) groups is 2. The quantitative estimate of drug-likeness (QED) is 0.450. The Hall–Kier alpha value is -1.42. The number of alkyl halides is 1. The fourth-order valence-corrected chi connectivity index (χ4v) is 1.15. The molecule has 0 saturated heterocycles. The van der Waals surface area contributed by atoms with Crippen LogP contribution in [0, 0.1) is 5.82 Å². The van der Waals surface area contributed by atoms with E-state index in [0.29, 0.717) is 0 Å². The van der Waals surface area contributed by atoms with E-state index in [1.165, 1.54) is 19.2 Å². The lowest BCUT2D eigenvalue weighted by molar-refractivity contribution is -0.112. The summed E-state index contributed by atoms with van der Waals surface area (Å²) < 4.78 is 17.8. The highest BCUT2D eigenvalue weighted by atomic mass is 35.5. The summed E-state index contributed by atoms with van der Waals surface area (Å²) in [5.41, 5.74) is -0.0287. The van der Waals surface area contributed by atoms with Crippen LogP contribution in [0.3, 0.4) is 0 Å². The Bertz CT molecular complexity index is 404. The number of hydrogen-bond acceptors (Lipinski definition) is 3. The molecule has 0 aliphatic carbocycles. The topological polar surface area (TPSA) is 43.4 Å². The van der Waals surface area contributed by atoms with Gasteiger partial charge in [-0.05, 0) is 18.2 Å². The van der Waals surface area contributed by atoms with Gasteiger partial charge in [-0.25, -0.2) is 4.39 Å². The summed E-state index contributed by atoms with van der Waals surface area (Å²) in [5, 5.41) is 0. The molecule has 0 heterocycles. The van der Waals surface area contributed by atoms with Crippen molar-refractivity contribution in [2.45, 2.75) is 0 Å². The summed E-state index contributed by atoms with van der Waals surface area (Å²) in [7, 11) is 1.31. The summed E-state index contributed by atoms with van der Waals surface area (Å²) in [6.45, 7) is 0. The van der Waals surface area contributed by atoms with Gasteiger partial charge in [-0.3, -0.25) is 9.59 Å². The van der Waals surface area contributed by atoms with Gasteiger partial charge >= 0.3 is 0 Å². The van der Waals surface area contributed by atoms with Crippen LogP contribution in [-0.4, -0.2) is 24.6 Å². The van der Waals surface area contributed by atoms with Crippen molar-refractivity contribution < 1.29 is 18.7 Å². The fourth-order valence-electron chi connectivity index (χ4n) is 1.03. The molecular formula is C10H8ClFO3. The molecular weight excluding hydrogens is 223 g/mol. The van der Waals surface area contributed by atoms with Crippen LogP contribution in [0.25, 0.3) is 0 Å². The predicted octanol–water partition coefficient (Wildman–Crippen LogP) is 1.82. The van der Waals surface area contributed by atoms with E-state index in [4.69, 9.17) is 11.6 Å². The molecule has 0 spiro atoms. The second-order valence-corrected chi connectivity index (χ2v) is 3.00. The number of rotatable bonds is 4. The van der Waals surface area contributed by atoms with Gasteiger partial charge in [0, 0.05) is 5.56 Å². The zero-order valence-corrected chi connectivity index (χ0v) is 8.68. The van der Waals surface area contributed by atoms with Crippen LogP contribution in [0.4, 0.5) is 4.39 Å². The van der Waals surface area contributed by atoms with Crippen LogP contribution in [-0.2, 0) is 4.79 Å². The summed E-state index contributed by atoms with van der Waals surface area (Å²) in [4.78, 5) is 22.2. The number of benzene rings is 1. The Labute approximate surface area is 90.8 Å². The van der Waals surface area contributed by atoms with Crippen molar-refractivity contribution in [1.29, 1.82) is 0 Å². The van der Waals surface area contributed by atoms with E-state index in [2.05, 4.69) is 4.74 Å². The molecule has 1 aromatic rings. The van der Waals surface area contributed by atoms with E-state index in [0.717, 1.165) is 6.07 Å². The van der Waals surface area contributed by atoms with Crippen LogP contribution < -0.4 is 4.74 Å². The molecule has 0 unspecified atom stereocenters. The van der Waals surface area contributed by atoms with Gasteiger partial charge in [0.15, 0.2) is 11.6 Å². The molecule has 0 bridgehead atoms. The Balaban J connectivity index is 3.02. The van der Waals surface area contributed by atoms with Gasteiger partial charge in [0.2, 0.25) is 11.6 Å². The molecule has 0 saturated carbocycles. The monoisotopic (exact) mass is 230 g/mol. The average Bonchev–Trinajstić information content (AvgIpc) is 2.26. The van der Waals surface area contributed by atoms with Crippen molar-refractivity contribution in [3.8, 4) is 5.75 Å². The van der Waals surface area contributed by atoms with Crippen molar-refractivity contribution in [3.05, 3.63) is 29.6 Å². The van der Waals surface area contributed by atoms with Crippen LogP contribution >= 0.6 is 11.6 Å². The van der Waals surface area contributed by atoms with Crippen LogP contribution in [0.2, 0.25) is 0 Å². The molecule has 0 aliphatic heterocycles. The first-order valence-corrected chi connectivity index (χ1v) is 4.60. The lowest BCUT2D eigenvalue weighted by Gasteiger charge is -2.03. The maximum Gasteiger partial charge on any atom is 0.229 e. The number of Topliss-reactive ketones (excluding diaryl/α,β-unsaturated/α-hetero) is 2. The predicted molar refractivity (Wildman–Crippen MR) is 53.0 cm³/mol. The van der Waals surface area contributed by atoms with Gasteiger partial charge < -0.3 is 4.74 Å². The van der Waals surface area contributed by atoms with Gasteiger partial charge in [0.05, 0.1) is 13.0 Å². The van der Waals surface area contributed by atoms with E-state index >= 15 is 0 Å². The zero-order chi connectivity index (χ0) is 11.4. The number of hydrogen-bond donors (Lipinski definition) is 0. The molecule has 1 aromatic carbocycles. The van der Waals surface area contributed by atoms with Crippen LogP contribution in [0.5, 0.6) is 5.75 Å². The number of methoxy groups -OCH3 is 1. The Morgan fingerprint density at radius 2 is 2.13 bits per heavy atom. The summed E-state index contributed by atoms with van der Waals surface area (Å²) >= 11 is 5.21. The molecule has 15 heavy (non-hydrogen) atoms. The average molecular weight is 231 g/mol. The highest BCUT2D eigenvalue weighted by Crippen LogP contribution is 2.18. The minimum absolute atomic E-state index is 0.0184. The van der Waals surface area contributed by atoms with Gasteiger partial charge in [-0.1, -0.05) is 0 Å². The molecule has 0 aliphatic rings. The molecule has 0 aromatic heterocycles. The highest BCUT2D eigenvalue weighted by Gasteiger charge is 2.16. The first-order chi connectivity index (χ1) is 7.10. The third-order valence-electron chi connectivity index (χ3n) is 1.79. The van der Waals surface area contributed by atoms with E-state index in [1.807, 2.05) is 0 Å². The van der Waals surface area contributed by atoms with Crippen LogP contribution in [0.1, 0.15) is 10.4 Å². The Morgan fingerprint density at radius 3 is 2.60 bits per heavy atom. The molecule has 1 rings (SSSR count). The van der Waals surface area contributed by atoms with Crippen molar-refractivity contribution in [1.82, 2.24) is 0 Å². The molecule has 80 valence electrons. The van der Waals surface area contributed by atoms with Crippen molar-refractivity contribution >= 4 is 23.2 Å².